The van der Waals surface area contributed by atoms with Gasteiger partial charge >= 0.3 is 0 Å². The van der Waals surface area contributed by atoms with Crippen molar-refractivity contribution >= 4 is 12.0 Å². The molecular formula is C27H40N4O4. The number of carbonyl (C=O) groups is 1. The first kappa shape index (κ1) is 25.7. The van der Waals surface area contributed by atoms with E-state index in [9.17, 15) is 15.0 Å². The van der Waals surface area contributed by atoms with Gasteiger partial charge < -0.3 is 24.8 Å². The zero-order valence-electron chi connectivity index (χ0n) is 21.4. The summed E-state index contributed by atoms with van der Waals surface area (Å²) in [4.78, 5) is 18.4. The first-order chi connectivity index (χ1) is 16.7. The summed E-state index contributed by atoms with van der Waals surface area (Å²) in [6, 6.07) is 1.87. The molecule has 0 aromatic carbocycles. The van der Waals surface area contributed by atoms with Crippen LogP contribution in [0.3, 0.4) is 0 Å². The zero-order chi connectivity index (χ0) is 25.2. The molecule has 4 rings (SSSR count). The van der Waals surface area contributed by atoms with Gasteiger partial charge in [0.1, 0.15) is 11.8 Å². The lowest BCUT2D eigenvalue weighted by Gasteiger charge is -2.35. The van der Waals surface area contributed by atoms with Crippen LogP contribution in [0.2, 0.25) is 0 Å². The third-order valence-corrected chi connectivity index (χ3v) is 7.22. The second-order valence-electron chi connectivity index (χ2n) is 11.2. The fraction of sp³-hybridized carbons (Fsp3) is 0.630. The van der Waals surface area contributed by atoms with Gasteiger partial charge in [0.05, 0.1) is 24.9 Å². The number of aromatic amines is 2. The van der Waals surface area contributed by atoms with Crippen molar-refractivity contribution in [3.05, 3.63) is 34.7 Å². The first-order valence-electron chi connectivity index (χ1n) is 12.8. The normalized spacial score (nSPS) is 21.1. The number of aliphatic hydroxyl groups is 2. The van der Waals surface area contributed by atoms with E-state index in [0.717, 1.165) is 54.0 Å². The summed E-state index contributed by atoms with van der Waals surface area (Å²) in [6.45, 7) is 9.90. The van der Waals surface area contributed by atoms with Crippen LogP contribution in [-0.2, 0) is 22.4 Å². The van der Waals surface area contributed by atoms with E-state index < -0.39 is 6.10 Å². The molecule has 0 saturated carbocycles. The Morgan fingerprint density at radius 3 is 2.86 bits per heavy atom. The molecule has 0 bridgehead atoms. The molecule has 3 heterocycles. The highest BCUT2D eigenvalue weighted by atomic mass is 16.5. The molecule has 2 aromatic heterocycles. The maximum absolute atomic E-state index is 13.2. The van der Waals surface area contributed by atoms with E-state index in [-0.39, 0.29) is 36.4 Å². The van der Waals surface area contributed by atoms with Crippen LogP contribution in [0.25, 0.3) is 17.5 Å². The van der Waals surface area contributed by atoms with Crippen LogP contribution in [0.5, 0.6) is 0 Å². The molecule has 1 amide bonds. The molecule has 0 spiro atoms. The standard InChI is InChI=1S/C27H40N4O4/c1-17-21(9-10-27(2,3)4)24(30-29-17)23-14-18-7-8-20(15-22(18)28-23)31(11-12-32)26(34)25(33)19-6-5-13-35-16-19/h7-8,14,19-20,25,28,32-33H,5-6,9-13,15-16H2,1-4H3,(H,29,30). The quantitative estimate of drug-likeness (QED) is 0.459. The number of aliphatic hydroxyl groups excluding tert-OH is 2. The molecule has 1 aliphatic carbocycles. The number of amides is 1. The zero-order valence-corrected chi connectivity index (χ0v) is 21.4. The first-order valence-corrected chi connectivity index (χ1v) is 12.8. The summed E-state index contributed by atoms with van der Waals surface area (Å²) in [6.07, 6.45) is 7.11. The molecule has 0 radical (unpaired) electrons. The van der Waals surface area contributed by atoms with E-state index in [4.69, 9.17) is 4.74 Å². The highest BCUT2D eigenvalue weighted by Gasteiger charge is 2.35. The number of hydrogen-bond donors (Lipinski definition) is 4. The van der Waals surface area contributed by atoms with Gasteiger partial charge in [-0.1, -0.05) is 32.9 Å². The Morgan fingerprint density at radius 1 is 1.37 bits per heavy atom. The molecule has 1 saturated heterocycles. The van der Waals surface area contributed by atoms with Crippen LogP contribution in [0.4, 0.5) is 0 Å². The highest BCUT2D eigenvalue weighted by molar-refractivity contribution is 5.82. The fourth-order valence-corrected chi connectivity index (χ4v) is 5.08. The van der Waals surface area contributed by atoms with Crippen LogP contribution in [-0.4, -0.2) is 74.7 Å². The Morgan fingerprint density at radius 2 is 2.17 bits per heavy atom. The lowest BCUT2D eigenvalue weighted by atomic mass is 9.88. The number of aryl methyl sites for hydroxylation is 1. The minimum atomic E-state index is -1.12. The molecule has 8 nitrogen and oxygen atoms in total. The predicted molar refractivity (Wildman–Crippen MR) is 136 cm³/mol. The van der Waals surface area contributed by atoms with Crippen molar-refractivity contribution in [1.82, 2.24) is 20.1 Å². The van der Waals surface area contributed by atoms with Crippen LogP contribution in [0, 0.1) is 18.3 Å². The van der Waals surface area contributed by atoms with Crippen LogP contribution < -0.4 is 0 Å². The average molecular weight is 485 g/mol. The monoisotopic (exact) mass is 484 g/mol. The summed E-state index contributed by atoms with van der Waals surface area (Å²) < 4.78 is 5.47. The van der Waals surface area contributed by atoms with Crippen molar-refractivity contribution in [2.75, 3.05) is 26.4 Å². The molecule has 3 unspecified atom stereocenters. The van der Waals surface area contributed by atoms with E-state index in [1.165, 1.54) is 5.56 Å². The van der Waals surface area contributed by atoms with Gasteiger partial charge in [0.2, 0.25) is 0 Å². The average Bonchev–Trinajstić information content (AvgIpc) is 3.42. The molecule has 3 atom stereocenters. The Bertz CT molecular complexity index is 1040. The molecule has 4 N–H and O–H groups in total. The van der Waals surface area contributed by atoms with Crippen LogP contribution in [0.15, 0.2) is 12.1 Å². The van der Waals surface area contributed by atoms with Crippen molar-refractivity contribution < 1.29 is 19.7 Å². The summed E-state index contributed by atoms with van der Waals surface area (Å²) in [5.41, 5.74) is 6.58. The summed E-state index contributed by atoms with van der Waals surface area (Å²) in [5.74, 6) is -0.543. The van der Waals surface area contributed by atoms with Crippen molar-refractivity contribution in [3.63, 3.8) is 0 Å². The van der Waals surface area contributed by atoms with E-state index >= 15 is 0 Å². The molecule has 2 aliphatic rings. The Kier molecular flexibility index (Phi) is 7.83. The molecule has 8 heteroatoms. The molecule has 2 aromatic rings. The molecular weight excluding hydrogens is 444 g/mol. The van der Waals surface area contributed by atoms with Gasteiger partial charge in [0.25, 0.3) is 5.91 Å². The van der Waals surface area contributed by atoms with Crippen molar-refractivity contribution in [3.8, 4) is 11.4 Å². The number of nitrogens with one attached hydrogen (secondary N) is 2. The number of aromatic nitrogens is 3. The number of H-pyrrole nitrogens is 2. The Labute approximate surface area is 207 Å². The van der Waals surface area contributed by atoms with E-state index in [0.29, 0.717) is 19.6 Å². The second kappa shape index (κ2) is 10.7. The van der Waals surface area contributed by atoms with E-state index in [1.807, 2.05) is 12.2 Å². The third kappa shape index (κ3) is 5.88. The van der Waals surface area contributed by atoms with E-state index in [1.54, 1.807) is 4.90 Å². The van der Waals surface area contributed by atoms with Gasteiger partial charge in [-0.2, -0.15) is 5.10 Å². The number of nitrogens with zero attached hydrogens (tertiary/aromatic N) is 2. The van der Waals surface area contributed by atoms with Gasteiger partial charge in [-0.25, -0.2) is 0 Å². The summed E-state index contributed by atoms with van der Waals surface area (Å²) >= 11 is 0. The summed E-state index contributed by atoms with van der Waals surface area (Å²) in [5, 5.41) is 28.2. The van der Waals surface area contributed by atoms with Gasteiger partial charge in [0.15, 0.2) is 0 Å². The number of ether oxygens (including phenoxy) is 1. The minimum Gasteiger partial charge on any atom is -0.395 e. The van der Waals surface area contributed by atoms with Crippen molar-refractivity contribution in [1.29, 1.82) is 0 Å². The summed E-state index contributed by atoms with van der Waals surface area (Å²) in [7, 11) is 0. The topological polar surface area (TPSA) is 114 Å². The van der Waals surface area contributed by atoms with Crippen LogP contribution >= 0.6 is 0 Å². The Balaban J connectivity index is 1.51. The van der Waals surface area contributed by atoms with E-state index in [2.05, 4.69) is 48.9 Å². The highest BCUT2D eigenvalue weighted by Crippen LogP contribution is 2.32. The number of carbonyl (C=O) groups excluding carboxylic acids is 1. The van der Waals surface area contributed by atoms with Gasteiger partial charge in [-0.15, -0.1) is 0 Å². The molecule has 35 heavy (non-hydrogen) atoms. The lowest BCUT2D eigenvalue weighted by molar-refractivity contribution is -0.148. The molecule has 1 fully saturated rings. The second-order valence-corrected chi connectivity index (χ2v) is 11.2. The molecule has 1 aliphatic heterocycles. The van der Waals surface area contributed by atoms with Gasteiger partial charge in [0, 0.05) is 42.4 Å². The van der Waals surface area contributed by atoms with Gasteiger partial charge in [-0.05, 0) is 49.7 Å². The van der Waals surface area contributed by atoms with Crippen molar-refractivity contribution in [2.45, 2.75) is 71.9 Å². The third-order valence-electron chi connectivity index (χ3n) is 7.22. The Hall–Kier alpha value is -2.42. The number of hydrogen-bond acceptors (Lipinski definition) is 5. The van der Waals surface area contributed by atoms with Gasteiger partial charge in [-0.3, -0.25) is 9.89 Å². The number of rotatable bonds is 8. The largest absolute Gasteiger partial charge is 0.395 e. The SMILES string of the molecule is Cc1[nH]nc(-c2cc3c([nH]2)CC(N(CCO)C(=O)C(O)C2CCCOC2)C=C3)c1CCC(C)(C)C. The van der Waals surface area contributed by atoms with Crippen LogP contribution in [0.1, 0.15) is 62.5 Å². The number of fused-ring (bicyclic) bond motifs is 1. The maximum Gasteiger partial charge on any atom is 0.252 e. The minimum absolute atomic E-state index is 0.156. The van der Waals surface area contributed by atoms with Crippen molar-refractivity contribution in [2.24, 2.45) is 11.3 Å². The lowest BCUT2D eigenvalue weighted by Crippen LogP contribution is -2.50. The molecule has 192 valence electrons. The predicted octanol–water partition coefficient (Wildman–Crippen LogP) is 3.24. The smallest absolute Gasteiger partial charge is 0.252 e. The maximum atomic E-state index is 13.2. The fourth-order valence-electron chi connectivity index (χ4n) is 5.08.